The molecular formula is C17H32N6O2. The maximum Gasteiger partial charge on any atom is 0.191 e. The Hall–Kier alpha value is -1.67. The molecule has 1 aliphatic rings. The van der Waals surface area contributed by atoms with Crippen molar-refractivity contribution in [2.24, 2.45) is 4.99 Å². The van der Waals surface area contributed by atoms with Gasteiger partial charge in [0, 0.05) is 39.3 Å². The molecule has 2 heterocycles. The SMILES string of the molecule is CCNC(=NCCCOC(C)C)NC1CCc2nc(COC)nn2C1. The molecule has 0 amide bonds. The molecule has 2 rings (SSSR count). The van der Waals surface area contributed by atoms with Gasteiger partial charge in [0.05, 0.1) is 12.6 Å². The van der Waals surface area contributed by atoms with Crippen LogP contribution in [0.1, 0.15) is 45.3 Å². The van der Waals surface area contributed by atoms with Crippen molar-refractivity contribution in [3.8, 4) is 0 Å². The zero-order valence-corrected chi connectivity index (χ0v) is 15.9. The van der Waals surface area contributed by atoms with Gasteiger partial charge in [0.15, 0.2) is 11.8 Å². The predicted molar refractivity (Wildman–Crippen MR) is 97.7 cm³/mol. The van der Waals surface area contributed by atoms with Gasteiger partial charge in [-0.3, -0.25) is 4.99 Å². The molecule has 0 saturated carbocycles. The largest absolute Gasteiger partial charge is 0.379 e. The van der Waals surface area contributed by atoms with E-state index >= 15 is 0 Å². The summed E-state index contributed by atoms with van der Waals surface area (Å²) in [6.07, 6.45) is 3.13. The smallest absolute Gasteiger partial charge is 0.191 e. The summed E-state index contributed by atoms with van der Waals surface area (Å²) in [5.74, 6) is 2.65. The van der Waals surface area contributed by atoms with Gasteiger partial charge in [0.1, 0.15) is 12.4 Å². The van der Waals surface area contributed by atoms with Crippen molar-refractivity contribution in [3.05, 3.63) is 11.6 Å². The molecule has 0 fully saturated rings. The van der Waals surface area contributed by atoms with Crippen LogP contribution >= 0.6 is 0 Å². The second-order valence-corrected chi connectivity index (χ2v) is 6.47. The summed E-state index contributed by atoms with van der Waals surface area (Å²) in [7, 11) is 1.66. The van der Waals surface area contributed by atoms with Crippen LogP contribution in [-0.2, 0) is 29.0 Å². The van der Waals surface area contributed by atoms with Crippen molar-refractivity contribution in [1.29, 1.82) is 0 Å². The zero-order valence-electron chi connectivity index (χ0n) is 15.9. The minimum Gasteiger partial charge on any atom is -0.379 e. The number of nitrogens with zero attached hydrogens (tertiary/aromatic N) is 4. The fourth-order valence-corrected chi connectivity index (χ4v) is 2.76. The third-order valence-corrected chi connectivity index (χ3v) is 3.88. The Morgan fingerprint density at radius 1 is 1.44 bits per heavy atom. The van der Waals surface area contributed by atoms with Crippen LogP contribution in [-0.4, -0.2) is 59.7 Å². The van der Waals surface area contributed by atoms with E-state index in [1.807, 2.05) is 4.68 Å². The number of aromatic nitrogens is 3. The normalized spacial score (nSPS) is 17.6. The second-order valence-electron chi connectivity index (χ2n) is 6.47. The van der Waals surface area contributed by atoms with E-state index in [2.05, 4.69) is 46.5 Å². The Morgan fingerprint density at radius 2 is 2.28 bits per heavy atom. The Bertz CT molecular complexity index is 543. The molecule has 2 N–H and O–H groups in total. The van der Waals surface area contributed by atoms with E-state index in [-0.39, 0.29) is 6.10 Å². The molecule has 1 aromatic rings. The highest BCUT2D eigenvalue weighted by Crippen LogP contribution is 2.13. The first-order valence-electron chi connectivity index (χ1n) is 9.20. The molecule has 142 valence electrons. The van der Waals surface area contributed by atoms with E-state index in [4.69, 9.17) is 9.47 Å². The molecule has 25 heavy (non-hydrogen) atoms. The summed E-state index contributed by atoms with van der Waals surface area (Å²) in [6.45, 7) is 9.77. The third kappa shape index (κ3) is 6.62. The highest BCUT2D eigenvalue weighted by atomic mass is 16.5. The minimum absolute atomic E-state index is 0.275. The van der Waals surface area contributed by atoms with Crippen LogP contribution in [0, 0.1) is 0 Å². The van der Waals surface area contributed by atoms with E-state index in [1.165, 1.54) is 0 Å². The van der Waals surface area contributed by atoms with E-state index in [0.717, 1.165) is 63.1 Å². The van der Waals surface area contributed by atoms with Crippen molar-refractivity contribution >= 4 is 5.96 Å². The summed E-state index contributed by atoms with van der Waals surface area (Å²) >= 11 is 0. The number of nitrogens with one attached hydrogen (secondary N) is 2. The molecule has 1 aliphatic heterocycles. The number of methoxy groups -OCH3 is 1. The average molecular weight is 352 g/mol. The summed E-state index contributed by atoms with van der Waals surface area (Å²) in [6, 6.07) is 0.300. The highest BCUT2D eigenvalue weighted by Gasteiger charge is 2.22. The van der Waals surface area contributed by atoms with Gasteiger partial charge in [0.25, 0.3) is 0 Å². The number of aryl methyl sites for hydroxylation is 1. The van der Waals surface area contributed by atoms with E-state index in [0.29, 0.717) is 12.6 Å². The van der Waals surface area contributed by atoms with Crippen LogP contribution in [0.25, 0.3) is 0 Å². The van der Waals surface area contributed by atoms with Crippen LogP contribution < -0.4 is 10.6 Å². The highest BCUT2D eigenvalue weighted by molar-refractivity contribution is 5.80. The van der Waals surface area contributed by atoms with Crippen LogP contribution in [0.3, 0.4) is 0 Å². The lowest BCUT2D eigenvalue weighted by molar-refractivity contribution is 0.0782. The summed E-state index contributed by atoms with van der Waals surface area (Å²) in [5, 5.41) is 11.3. The fraction of sp³-hybridized carbons (Fsp3) is 0.824. The maximum atomic E-state index is 5.56. The van der Waals surface area contributed by atoms with Crippen molar-refractivity contribution in [2.75, 3.05) is 26.8 Å². The number of hydrogen-bond donors (Lipinski definition) is 2. The van der Waals surface area contributed by atoms with Gasteiger partial charge >= 0.3 is 0 Å². The average Bonchev–Trinajstić information content (AvgIpc) is 2.96. The van der Waals surface area contributed by atoms with Gasteiger partial charge in [-0.1, -0.05) is 0 Å². The molecule has 8 nitrogen and oxygen atoms in total. The van der Waals surface area contributed by atoms with Gasteiger partial charge in [-0.15, -0.1) is 0 Å². The topological polar surface area (TPSA) is 85.6 Å². The molecule has 8 heteroatoms. The molecule has 1 atom stereocenters. The summed E-state index contributed by atoms with van der Waals surface area (Å²) in [5.41, 5.74) is 0. The fourth-order valence-electron chi connectivity index (χ4n) is 2.76. The maximum absolute atomic E-state index is 5.56. The Kier molecular flexibility index (Phi) is 8.14. The molecule has 0 bridgehead atoms. The molecule has 0 radical (unpaired) electrons. The minimum atomic E-state index is 0.275. The monoisotopic (exact) mass is 352 g/mol. The van der Waals surface area contributed by atoms with E-state index in [9.17, 15) is 0 Å². The Labute approximate surface area is 150 Å². The predicted octanol–water partition coefficient (Wildman–Crippen LogP) is 1.11. The first kappa shape index (κ1) is 19.7. The van der Waals surface area contributed by atoms with Crippen molar-refractivity contribution < 1.29 is 9.47 Å². The number of fused-ring (bicyclic) bond motifs is 1. The van der Waals surface area contributed by atoms with Crippen LogP contribution in [0.2, 0.25) is 0 Å². The molecule has 0 aliphatic carbocycles. The van der Waals surface area contributed by atoms with E-state index < -0.39 is 0 Å². The third-order valence-electron chi connectivity index (χ3n) is 3.88. The lowest BCUT2D eigenvalue weighted by atomic mass is 10.1. The van der Waals surface area contributed by atoms with Crippen LogP contribution in [0.4, 0.5) is 0 Å². The molecule has 1 aromatic heterocycles. The Morgan fingerprint density at radius 3 is 3.00 bits per heavy atom. The van der Waals surface area contributed by atoms with Gasteiger partial charge in [-0.25, -0.2) is 9.67 Å². The van der Waals surface area contributed by atoms with E-state index in [1.54, 1.807) is 7.11 Å². The Balaban J connectivity index is 1.84. The zero-order chi connectivity index (χ0) is 18.1. The standard InChI is InChI=1S/C17H32N6O2/c1-5-18-17(19-9-6-10-25-13(2)3)20-14-7-8-16-21-15(12-24-4)22-23(16)11-14/h13-14H,5-12H2,1-4H3,(H2,18,19,20). The second kappa shape index (κ2) is 10.4. The number of rotatable bonds is 9. The van der Waals surface area contributed by atoms with Crippen molar-refractivity contribution in [1.82, 2.24) is 25.4 Å². The summed E-state index contributed by atoms with van der Waals surface area (Å²) < 4.78 is 12.7. The van der Waals surface area contributed by atoms with Gasteiger partial charge in [-0.05, 0) is 33.6 Å². The molecule has 1 unspecified atom stereocenters. The number of hydrogen-bond acceptors (Lipinski definition) is 5. The molecule has 0 aromatic carbocycles. The first-order chi connectivity index (χ1) is 12.1. The quantitative estimate of drug-likeness (QED) is 0.393. The number of guanidine groups is 1. The van der Waals surface area contributed by atoms with Crippen molar-refractivity contribution in [2.45, 2.75) is 65.3 Å². The number of aliphatic imine (C=N–C) groups is 1. The first-order valence-corrected chi connectivity index (χ1v) is 9.20. The number of ether oxygens (including phenoxy) is 2. The molecular weight excluding hydrogens is 320 g/mol. The summed E-state index contributed by atoms with van der Waals surface area (Å²) in [4.78, 5) is 9.16. The van der Waals surface area contributed by atoms with Gasteiger partial charge in [-0.2, -0.15) is 5.10 Å². The van der Waals surface area contributed by atoms with Gasteiger partial charge < -0.3 is 20.1 Å². The van der Waals surface area contributed by atoms with Crippen LogP contribution in [0.5, 0.6) is 0 Å². The molecule has 0 spiro atoms. The lowest BCUT2D eigenvalue weighted by Gasteiger charge is -2.25. The molecule has 0 saturated heterocycles. The van der Waals surface area contributed by atoms with Gasteiger partial charge in [0.2, 0.25) is 0 Å². The van der Waals surface area contributed by atoms with Crippen molar-refractivity contribution in [3.63, 3.8) is 0 Å². The van der Waals surface area contributed by atoms with Crippen LogP contribution in [0.15, 0.2) is 4.99 Å². The lowest BCUT2D eigenvalue weighted by Crippen LogP contribution is -2.47.